The largest absolute Gasteiger partial charge is 0.379 e. The molecule has 0 amide bonds. The maximum Gasteiger partial charge on any atom is 0.105 e. The molecule has 43 valence electrons. The minimum atomic E-state index is -0.625. The van der Waals surface area contributed by atoms with E-state index in [4.69, 9.17) is 5.11 Å². The van der Waals surface area contributed by atoms with Gasteiger partial charge in [0.15, 0.2) is 0 Å². The molecular weight excluding hydrogens is 90.1 g/mol. The van der Waals surface area contributed by atoms with Gasteiger partial charge in [0, 0.05) is 6.04 Å². The maximum absolute atomic E-state index is 8.50. The summed E-state index contributed by atoms with van der Waals surface area (Å²) >= 11 is 0. The van der Waals surface area contributed by atoms with Gasteiger partial charge in [-0.1, -0.05) is 0 Å². The normalized spacial score (nSPS) is 15.0. The van der Waals surface area contributed by atoms with E-state index in [1.807, 2.05) is 13.8 Å². The summed E-state index contributed by atoms with van der Waals surface area (Å²) in [5.74, 6) is 0. The number of aliphatic hydroxyl groups excluding tert-OH is 1. The summed E-state index contributed by atoms with van der Waals surface area (Å²) in [6.45, 7) is 7.23. The van der Waals surface area contributed by atoms with Gasteiger partial charge in [-0.2, -0.15) is 0 Å². The molecule has 7 heavy (non-hydrogen) atoms. The van der Waals surface area contributed by atoms with Crippen LogP contribution in [0.4, 0.5) is 0 Å². The smallest absolute Gasteiger partial charge is 0.105 e. The molecule has 2 heteroatoms. The summed E-state index contributed by atoms with van der Waals surface area (Å²) in [4.78, 5) is 0. The highest BCUT2D eigenvalue weighted by molar-refractivity contribution is 4.57. The van der Waals surface area contributed by atoms with Crippen LogP contribution in [-0.2, 0) is 0 Å². The molecule has 0 heterocycles. The van der Waals surface area contributed by atoms with E-state index in [2.05, 4.69) is 12.2 Å². The standard InChI is InChI=1S/C5H12NO/c1-4(2)6-5(3)7/h4-7H,3H2,1-2H3. The second kappa shape index (κ2) is 2.99. The molecule has 0 fully saturated rings. The minimum absolute atomic E-state index is 0.312. The third-order valence-corrected chi connectivity index (χ3v) is 0.526. The lowest BCUT2D eigenvalue weighted by atomic mass is 10.4. The Morgan fingerprint density at radius 1 is 1.57 bits per heavy atom. The first-order chi connectivity index (χ1) is 3.13. The minimum Gasteiger partial charge on any atom is -0.379 e. The fourth-order valence-corrected chi connectivity index (χ4v) is 0.385. The Morgan fingerprint density at radius 3 is 2.00 bits per heavy atom. The third kappa shape index (κ3) is 5.92. The highest BCUT2D eigenvalue weighted by atomic mass is 16.3. The fraction of sp³-hybridized carbons (Fsp3) is 0.800. The fourth-order valence-electron chi connectivity index (χ4n) is 0.385. The molecular formula is C5H12NO. The molecule has 2 N–H and O–H groups in total. The highest BCUT2D eigenvalue weighted by Gasteiger charge is 1.94. The van der Waals surface area contributed by atoms with E-state index in [1.165, 1.54) is 0 Å². The van der Waals surface area contributed by atoms with Crippen molar-refractivity contribution in [3.8, 4) is 0 Å². The van der Waals surface area contributed by atoms with Gasteiger partial charge in [-0.05, 0) is 20.8 Å². The molecule has 0 aliphatic rings. The van der Waals surface area contributed by atoms with E-state index in [0.29, 0.717) is 6.04 Å². The molecule has 0 spiro atoms. The summed E-state index contributed by atoms with van der Waals surface area (Å²) in [6.07, 6.45) is -0.625. The topological polar surface area (TPSA) is 32.3 Å². The first-order valence-corrected chi connectivity index (χ1v) is 2.40. The van der Waals surface area contributed by atoms with Crippen molar-refractivity contribution in [1.29, 1.82) is 0 Å². The molecule has 0 rings (SSSR count). The molecule has 0 saturated carbocycles. The summed E-state index contributed by atoms with van der Waals surface area (Å²) < 4.78 is 0. The quantitative estimate of drug-likeness (QED) is 0.486. The van der Waals surface area contributed by atoms with Crippen LogP contribution < -0.4 is 5.32 Å². The summed E-state index contributed by atoms with van der Waals surface area (Å²) in [7, 11) is 0. The Bertz CT molecular complexity index is 37.3. The first kappa shape index (κ1) is 6.92. The van der Waals surface area contributed by atoms with Crippen LogP contribution in [0, 0.1) is 6.92 Å². The third-order valence-electron chi connectivity index (χ3n) is 0.526. The Morgan fingerprint density at radius 2 is 2.00 bits per heavy atom. The van der Waals surface area contributed by atoms with Gasteiger partial charge < -0.3 is 5.11 Å². The van der Waals surface area contributed by atoms with Gasteiger partial charge >= 0.3 is 0 Å². The molecule has 0 bridgehead atoms. The first-order valence-electron chi connectivity index (χ1n) is 2.40. The number of nitrogens with one attached hydrogen (secondary N) is 1. The van der Waals surface area contributed by atoms with Gasteiger partial charge in [0.25, 0.3) is 0 Å². The monoisotopic (exact) mass is 102 g/mol. The molecule has 2 nitrogen and oxygen atoms in total. The lowest BCUT2D eigenvalue weighted by Crippen LogP contribution is -2.31. The van der Waals surface area contributed by atoms with Gasteiger partial charge in [0.1, 0.15) is 6.23 Å². The van der Waals surface area contributed by atoms with Crippen LogP contribution in [0.2, 0.25) is 0 Å². The van der Waals surface area contributed by atoms with Crippen LogP contribution in [0.1, 0.15) is 13.8 Å². The van der Waals surface area contributed by atoms with E-state index in [0.717, 1.165) is 0 Å². The summed E-state index contributed by atoms with van der Waals surface area (Å²) in [6, 6.07) is 0.312. The van der Waals surface area contributed by atoms with Crippen molar-refractivity contribution >= 4 is 0 Å². The molecule has 1 radical (unpaired) electrons. The Labute approximate surface area is 44.5 Å². The summed E-state index contributed by atoms with van der Waals surface area (Å²) in [5, 5.41) is 11.3. The van der Waals surface area contributed by atoms with Crippen LogP contribution in [0.5, 0.6) is 0 Å². The van der Waals surface area contributed by atoms with Gasteiger partial charge in [-0.3, -0.25) is 5.32 Å². The van der Waals surface area contributed by atoms with Gasteiger partial charge in [-0.25, -0.2) is 0 Å². The van der Waals surface area contributed by atoms with E-state index < -0.39 is 6.23 Å². The molecule has 0 aromatic rings. The number of hydrogen-bond acceptors (Lipinski definition) is 2. The van der Waals surface area contributed by atoms with Crippen molar-refractivity contribution in [3.63, 3.8) is 0 Å². The van der Waals surface area contributed by atoms with Crippen molar-refractivity contribution in [2.45, 2.75) is 26.1 Å². The zero-order chi connectivity index (χ0) is 5.86. The van der Waals surface area contributed by atoms with Crippen LogP contribution >= 0.6 is 0 Å². The van der Waals surface area contributed by atoms with Crippen molar-refractivity contribution in [3.05, 3.63) is 6.92 Å². The van der Waals surface area contributed by atoms with E-state index in [1.54, 1.807) is 0 Å². The highest BCUT2D eigenvalue weighted by Crippen LogP contribution is 1.77. The number of rotatable bonds is 2. The molecule has 0 aliphatic carbocycles. The second-order valence-corrected chi connectivity index (χ2v) is 1.84. The zero-order valence-electron chi connectivity index (χ0n) is 4.81. The number of hydrogen-bond donors (Lipinski definition) is 2. The lowest BCUT2D eigenvalue weighted by molar-refractivity contribution is 0.171. The molecule has 1 unspecified atom stereocenters. The van der Waals surface area contributed by atoms with E-state index >= 15 is 0 Å². The van der Waals surface area contributed by atoms with E-state index in [9.17, 15) is 0 Å². The molecule has 0 aromatic heterocycles. The average Bonchev–Trinajstić information content (AvgIpc) is 1.27. The summed E-state index contributed by atoms with van der Waals surface area (Å²) in [5.41, 5.74) is 0. The van der Waals surface area contributed by atoms with E-state index in [-0.39, 0.29) is 0 Å². The van der Waals surface area contributed by atoms with Crippen molar-refractivity contribution in [1.82, 2.24) is 5.32 Å². The predicted molar refractivity (Wildman–Crippen MR) is 29.6 cm³/mol. The van der Waals surface area contributed by atoms with Crippen LogP contribution in [-0.4, -0.2) is 17.4 Å². The molecule has 1 atom stereocenters. The average molecular weight is 102 g/mol. The lowest BCUT2D eigenvalue weighted by Gasteiger charge is -2.08. The molecule has 0 aromatic carbocycles. The van der Waals surface area contributed by atoms with Gasteiger partial charge in [0.2, 0.25) is 0 Å². The Balaban J connectivity index is 2.95. The van der Waals surface area contributed by atoms with Gasteiger partial charge in [-0.15, -0.1) is 0 Å². The molecule has 0 aliphatic heterocycles. The zero-order valence-corrected chi connectivity index (χ0v) is 4.81. The maximum atomic E-state index is 8.50. The van der Waals surface area contributed by atoms with Crippen molar-refractivity contribution < 1.29 is 5.11 Å². The van der Waals surface area contributed by atoms with Crippen molar-refractivity contribution in [2.24, 2.45) is 0 Å². The predicted octanol–water partition coefficient (Wildman–Crippen LogP) is 0.137. The molecule has 0 saturated heterocycles. The number of aliphatic hydroxyl groups is 1. The van der Waals surface area contributed by atoms with Crippen LogP contribution in [0.15, 0.2) is 0 Å². The SMILES string of the molecule is [CH2]C(O)NC(C)C. The van der Waals surface area contributed by atoms with Crippen molar-refractivity contribution in [2.75, 3.05) is 0 Å². The van der Waals surface area contributed by atoms with Crippen LogP contribution in [0.25, 0.3) is 0 Å². The Hall–Kier alpha value is -0.0800. The van der Waals surface area contributed by atoms with Gasteiger partial charge in [0.05, 0.1) is 0 Å². The van der Waals surface area contributed by atoms with Crippen LogP contribution in [0.3, 0.4) is 0 Å². The second-order valence-electron chi connectivity index (χ2n) is 1.84. The Kier molecular flexibility index (Phi) is 2.96.